The molecule has 108 valence electrons. The molecular formula is C11H18N8O. The Morgan fingerprint density at radius 1 is 1.20 bits per heavy atom. The molecule has 0 aliphatic carbocycles. The van der Waals surface area contributed by atoms with Crippen molar-refractivity contribution in [1.82, 2.24) is 24.7 Å². The van der Waals surface area contributed by atoms with E-state index in [0.29, 0.717) is 11.7 Å². The van der Waals surface area contributed by atoms with Gasteiger partial charge in [-0.05, 0) is 13.8 Å². The number of rotatable bonds is 4. The van der Waals surface area contributed by atoms with Crippen molar-refractivity contribution < 1.29 is 4.74 Å². The highest BCUT2D eigenvalue weighted by Crippen LogP contribution is 2.26. The van der Waals surface area contributed by atoms with Crippen LogP contribution in [0, 0.1) is 13.8 Å². The summed E-state index contributed by atoms with van der Waals surface area (Å²) in [5, 5.41) is 4.28. The van der Waals surface area contributed by atoms with Crippen LogP contribution in [0.5, 0.6) is 11.8 Å². The highest BCUT2D eigenvalue weighted by molar-refractivity contribution is 5.39. The molecule has 2 aromatic heterocycles. The van der Waals surface area contributed by atoms with Crippen LogP contribution in [0.3, 0.4) is 0 Å². The van der Waals surface area contributed by atoms with Crippen LogP contribution in [0.1, 0.15) is 11.4 Å². The Labute approximate surface area is 116 Å². The van der Waals surface area contributed by atoms with Gasteiger partial charge in [-0.25, -0.2) is 5.84 Å². The van der Waals surface area contributed by atoms with E-state index < -0.39 is 0 Å². The van der Waals surface area contributed by atoms with Crippen molar-refractivity contribution in [2.75, 3.05) is 24.4 Å². The van der Waals surface area contributed by atoms with Gasteiger partial charge in [-0.15, -0.1) is 0 Å². The molecule has 20 heavy (non-hydrogen) atoms. The van der Waals surface area contributed by atoms with Gasteiger partial charge >= 0.3 is 6.01 Å². The largest absolute Gasteiger partial charge is 0.420 e. The van der Waals surface area contributed by atoms with Gasteiger partial charge in [0.05, 0.1) is 5.69 Å². The average Bonchev–Trinajstić information content (AvgIpc) is 2.65. The number of nitrogens with zero attached hydrogens (tertiary/aromatic N) is 6. The summed E-state index contributed by atoms with van der Waals surface area (Å²) in [6.45, 7) is 3.77. The first kappa shape index (κ1) is 14.0. The second-order valence-corrected chi connectivity index (χ2v) is 4.51. The molecule has 0 unspecified atom stereocenters. The van der Waals surface area contributed by atoms with E-state index in [4.69, 9.17) is 10.6 Å². The lowest BCUT2D eigenvalue weighted by Gasteiger charge is -2.12. The standard InChI is InChI=1S/C11H18N8O/c1-6-8(7(2)19(5)17-6)20-11-14-9(16-12)13-10(15-11)18(3)4/h12H2,1-5H3,(H,13,14,15,16). The second-order valence-electron chi connectivity index (χ2n) is 4.51. The van der Waals surface area contributed by atoms with Crippen molar-refractivity contribution >= 4 is 11.9 Å². The molecule has 0 saturated heterocycles. The molecule has 2 heterocycles. The number of hydrogen-bond donors (Lipinski definition) is 2. The summed E-state index contributed by atoms with van der Waals surface area (Å²) in [4.78, 5) is 14.1. The minimum absolute atomic E-state index is 0.163. The van der Waals surface area contributed by atoms with Crippen molar-refractivity contribution in [3.63, 3.8) is 0 Å². The van der Waals surface area contributed by atoms with E-state index in [2.05, 4.69) is 25.5 Å². The van der Waals surface area contributed by atoms with Gasteiger partial charge in [0.2, 0.25) is 11.9 Å². The van der Waals surface area contributed by atoms with E-state index in [1.165, 1.54) is 0 Å². The van der Waals surface area contributed by atoms with Gasteiger partial charge in [0.15, 0.2) is 5.75 Å². The van der Waals surface area contributed by atoms with E-state index >= 15 is 0 Å². The third-order valence-electron chi connectivity index (χ3n) is 2.77. The number of nitrogens with one attached hydrogen (secondary N) is 1. The summed E-state index contributed by atoms with van der Waals surface area (Å²) in [5.41, 5.74) is 4.04. The van der Waals surface area contributed by atoms with Crippen LogP contribution >= 0.6 is 0 Å². The predicted octanol–water partition coefficient (Wildman–Crippen LogP) is 0.366. The minimum Gasteiger partial charge on any atom is -0.420 e. The molecule has 9 nitrogen and oxygen atoms in total. The molecule has 0 fully saturated rings. The van der Waals surface area contributed by atoms with Gasteiger partial charge in [-0.1, -0.05) is 0 Å². The number of aromatic nitrogens is 5. The third-order valence-corrected chi connectivity index (χ3v) is 2.77. The van der Waals surface area contributed by atoms with Crippen molar-refractivity contribution in [3.8, 4) is 11.8 Å². The quantitative estimate of drug-likeness (QED) is 0.610. The number of hydrogen-bond acceptors (Lipinski definition) is 8. The zero-order chi connectivity index (χ0) is 14.9. The molecule has 0 amide bonds. The topological polar surface area (TPSA) is 107 Å². The third kappa shape index (κ3) is 2.62. The molecule has 0 atom stereocenters. The van der Waals surface area contributed by atoms with Gasteiger partial charge in [0.25, 0.3) is 0 Å². The fourth-order valence-corrected chi connectivity index (χ4v) is 1.65. The molecule has 0 aliphatic rings. The maximum Gasteiger partial charge on any atom is 0.328 e. The van der Waals surface area contributed by atoms with Gasteiger partial charge < -0.3 is 9.64 Å². The van der Waals surface area contributed by atoms with Gasteiger partial charge in [-0.3, -0.25) is 10.1 Å². The van der Waals surface area contributed by atoms with Crippen LogP contribution in [0.4, 0.5) is 11.9 Å². The Morgan fingerprint density at radius 2 is 1.90 bits per heavy atom. The molecular weight excluding hydrogens is 260 g/mol. The van der Waals surface area contributed by atoms with E-state index in [1.54, 1.807) is 9.58 Å². The number of ether oxygens (including phenoxy) is 1. The average molecular weight is 278 g/mol. The lowest BCUT2D eigenvalue weighted by atomic mass is 10.3. The lowest BCUT2D eigenvalue weighted by molar-refractivity contribution is 0.433. The summed E-state index contributed by atoms with van der Waals surface area (Å²) in [6.07, 6.45) is 0. The lowest BCUT2D eigenvalue weighted by Crippen LogP contribution is -2.17. The van der Waals surface area contributed by atoms with Crippen LogP contribution in [-0.2, 0) is 7.05 Å². The smallest absolute Gasteiger partial charge is 0.328 e. The maximum atomic E-state index is 5.73. The molecule has 9 heteroatoms. The highest BCUT2D eigenvalue weighted by atomic mass is 16.5. The van der Waals surface area contributed by atoms with Crippen molar-refractivity contribution in [3.05, 3.63) is 11.4 Å². The fourth-order valence-electron chi connectivity index (χ4n) is 1.65. The molecule has 0 bridgehead atoms. The summed E-state index contributed by atoms with van der Waals surface area (Å²) in [5.74, 6) is 6.66. The highest BCUT2D eigenvalue weighted by Gasteiger charge is 2.15. The van der Waals surface area contributed by atoms with Crippen molar-refractivity contribution in [2.45, 2.75) is 13.8 Å². The molecule has 0 saturated carbocycles. The first-order valence-electron chi connectivity index (χ1n) is 6.00. The summed E-state index contributed by atoms with van der Waals surface area (Å²) in [7, 11) is 5.49. The normalized spacial score (nSPS) is 10.5. The first-order valence-corrected chi connectivity index (χ1v) is 6.00. The van der Waals surface area contributed by atoms with Gasteiger partial charge in [0, 0.05) is 21.1 Å². The van der Waals surface area contributed by atoms with Crippen molar-refractivity contribution in [1.29, 1.82) is 0 Å². The van der Waals surface area contributed by atoms with Crippen LogP contribution < -0.4 is 20.9 Å². The number of hydrazine groups is 1. The van der Waals surface area contributed by atoms with E-state index in [9.17, 15) is 0 Å². The minimum atomic E-state index is 0.163. The number of anilines is 2. The van der Waals surface area contributed by atoms with Gasteiger partial charge in [0.1, 0.15) is 5.69 Å². The zero-order valence-electron chi connectivity index (χ0n) is 12.2. The SMILES string of the molecule is Cc1nn(C)c(C)c1Oc1nc(NN)nc(N(C)C)n1. The first-order chi connectivity index (χ1) is 9.42. The predicted molar refractivity (Wildman–Crippen MR) is 74.7 cm³/mol. The van der Waals surface area contributed by atoms with Crippen LogP contribution in [-0.4, -0.2) is 38.8 Å². The van der Waals surface area contributed by atoms with Crippen LogP contribution in [0.2, 0.25) is 0 Å². The summed E-state index contributed by atoms with van der Waals surface area (Å²) >= 11 is 0. The van der Waals surface area contributed by atoms with Crippen LogP contribution in [0.15, 0.2) is 0 Å². The Hall–Kier alpha value is -2.42. The molecule has 0 aliphatic heterocycles. The number of aryl methyl sites for hydroxylation is 2. The Bertz CT molecular complexity index is 621. The molecule has 2 aromatic rings. The van der Waals surface area contributed by atoms with E-state index in [0.717, 1.165) is 11.4 Å². The van der Waals surface area contributed by atoms with E-state index in [1.807, 2.05) is 35.0 Å². The number of nitrogen functional groups attached to an aromatic ring is 1. The molecule has 0 aromatic carbocycles. The van der Waals surface area contributed by atoms with E-state index in [-0.39, 0.29) is 12.0 Å². The Morgan fingerprint density at radius 3 is 2.40 bits per heavy atom. The van der Waals surface area contributed by atoms with Crippen molar-refractivity contribution in [2.24, 2.45) is 12.9 Å². The monoisotopic (exact) mass is 278 g/mol. The molecule has 0 radical (unpaired) electrons. The Balaban J connectivity index is 2.40. The van der Waals surface area contributed by atoms with Gasteiger partial charge in [-0.2, -0.15) is 20.1 Å². The Kier molecular flexibility index (Phi) is 3.70. The van der Waals surface area contributed by atoms with Crippen LogP contribution in [0.25, 0.3) is 0 Å². The molecule has 2 rings (SSSR count). The summed E-state index contributed by atoms with van der Waals surface area (Å²) < 4.78 is 7.46. The maximum absolute atomic E-state index is 5.73. The molecule has 0 spiro atoms. The number of nitrogens with two attached hydrogens (primary N) is 1. The zero-order valence-corrected chi connectivity index (χ0v) is 12.2. The summed E-state index contributed by atoms with van der Waals surface area (Å²) in [6, 6.07) is 0.163. The molecule has 3 N–H and O–H groups in total. The fraction of sp³-hybridized carbons (Fsp3) is 0.455. The second kappa shape index (κ2) is 5.29.